The number of ether oxygens (including phenoxy) is 2. The second-order valence-corrected chi connectivity index (χ2v) is 10.6. The highest BCUT2D eigenvalue weighted by Crippen LogP contribution is 2.32. The molecule has 4 rings (SSSR count). The summed E-state index contributed by atoms with van der Waals surface area (Å²) in [6.07, 6.45) is 5.88. The van der Waals surface area contributed by atoms with Gasteiger partial charge in [-0.25, -0.2) is 13.4 Å². The summed E-state index contributed by atoms with van der Waals surface area (Å²) < 4.78 is 39.0. The van der Waals surface area contributed by atoms with Crippen LogP contribution in [0.25, 0.3) is 0 Å². The van der Waals surface area contributed by atoms with Crippen molar-refractivity contribution in [3.8, 4) is 0 Å². The Morgan fingerprint density at radius 1 is 1.21 bits per heavy atom. The predicted octanol–water partition coefficient (Wildman–Crippen LogP) is 1.01. The molecule has 8 nitrogen and oxygen atoms in total. The molecular formula is C20H34N4O4S. The fourth-order valence-electron chi connectivity index (χ4n) is 4.12. The van der Waals surface area contributed by atoms with Gasteiger partial charge in [0.2, 0.25) is 15.0 Å². The van der Waals surface area contributed by atoms with Crippen LogP contribution in [-0.4, -0.2) is 92.7 Å². The Hall–Kier alpha value is -1.00. The van der Waals surface area contributed by atoms with E-state index in [9.17, 15) is 8.42 Å². The van der Waals surface area contributed by atoms with E-state index in [-0.39, 0.29) is 17.0 Å². The highest BCUT2D eigenvalue weighted by Gasteiger charge is 2.33. The van der Waals surface area contributed by atoms with Gasteiger partial charge in [0.1, 0.15) is 0 Å². The van der Waals surface area contributed by atoms with Crippen LogP contribution in [-0.2, 0) is 32.4 Å². The van der Waals surface area contributed by atoms with Crippen molar-refractivity contribution in [1.29, 1.82) is 0 Å². The molecule has 0 aromatic carbocycles. The quantitative estimate of drug-likeness (QED) is 0.553. The molecule has 0 amide bonds. The van der Waals surface area contributed by atoms with Crippen LogP contribution in [0.2, 0.25) is 0 Å². The molecule has 3 heterocycles. The maximum absolute atomic E-state index is 13.0. The smallest absolute Gasteiger partial charge is 0.227 e. The summed E-state index contributed by atoms with van der Waals surface area (Å²) in [6, 6.07) is 0. The molecule has 1 aromatic rings. The lowest BCUT2D eigenvalue weighted by Gasteiger charge is -2.28. The molecule has 2 aliphatic heterocycles. The maximum Gasteiger partial charge on any atom is 0.227 e. The summed E-state index contributed by atoms with van der Waals surface area (Å²) >= 11 is 0. The molecule has 0 unspecified atom stereocenters. The standard InChI is InChI=1S/C20H34N4O4S/c1-22(6-7-23-8-11-27-12-9-23)14-18-13-21-20(29(25,26)16-17-4-5-17)24(18)15-19-3-2-10-28-19/h13,17,19H,2-12,14-16H2,1H3/t19-/m1/s1. The lowest BCUT2D eigenvalue weighted by atomic mass is 10.2. The number of aromatic nitrogens is 2. The van der Waals surface area contributed by atoms with E-state index in [0.29, 0.717) is 19.0 Å². The molecule has 9 heteroatoms. The lowest BCUT2D eigenvalue weighted by molar-refractivity contribution is 0.0340. The van der Waals surface area contributed by atoms with Crippen LogP contribution in [0.15, 0.2) is 11.4 Å². The first-order chi connectivity index (χ1) is 14.0. The van der Waals surface area contributed by atoms with Gasteiger partial charge in [-0.05, 0) is 38.6 Å². The Bertz CT molecular complexity index is 765. The van der Waals surface area contributed by atoms with Gasteiger partial charge in [0.15, 0.2) is 0 Å². The van der Waals surface area contributed by atoms with Crippen molar-refractivity contribution in [3.05, 3.63) is 11.9 Å². The third-order valence-electron chi connectivity index (χ3n) is 6.08. The average Bonchev–Trinajstić information content (AvgIpc) is 3.18. The zero-order valence-electron chi connectivity index (χ0n) is 17.5. The van der Waals surface area contributed by atoms with Crippen LogP contribution >= 0.6 is 0 Å². The van der Waals surface area contributed by atoms with Crippen molar-refractivity contribution in [3.63, 3.8) is 0 Å². The van der Waals surface area contributed by atoms with Gasteiger partial charge in [0.25, 0.3) is 0 Å². The summed E-state index contributed by atoms with van der Waals surface area (Å²) in [4.78, 5) is 9.04. The summed E-state index contributed by atoms with van der Waals surface area (Å²) in [5.41, 5.74) is 0.958. The number of nitrogens with zero attached hydrogens (tertiary/aromatic N) is 4. The lowest BCUT2D eigenvalue weighted by Crippen LogP contribution is -2.40. The largest absolute Gasteiger partial charge is 0.379 e. The van der Waals surface area contributed by atoms with Crippen molar-refractivity contribution >= 4 is 9.84 Å². The third kappa shape index (κ3) is 5.79. The first-order valence-electron chi connectivity index (χ1n) is 10.9. The molecule has 3 aliphatic rings. The van der Waals surface area contributed by atoms with E-state index in [4.69, 9.17) is 9.47 Å². The molecule has 2 saturated heterocycles. The average molecular weight is 427 g/mol. The highest BCUT2D eigenvalue weighted by molar-refractivity contribution is 7.91. The minimum Gasteiger partial charge on any atom is -0.379 e. The van der Waals surface area contributed by atoms with E-state index in [1.807, 2.05) is 4.57 Å². The van der Waals surface area contributed by atoms with Gasteiger partial charge in [-0.1, -0.05) is 0 Å². The van der Waals surface area contributed by atoms with Gasteiger partial charge in [0.05, 0.1) is 43.5 Å². The van der Waals surface area contributed by atoms with Crippen LogP contribution in [0, 0.1) is 5.92 Å². The van der Waals surface area contributed by atoms with E-state index in [1.165, 1.54) is 0 Å². The van der Waals surface area contributed by atoms with Crippen LogP contribution in [0.4, 0.5) is 0 Å². The number of morpholine rings is 1. The Balaban J connectivity index is 1.44. The molecule has 0 N–H and O–H groups in total. The van der Waals surface area contributed by atoms with Crippen molar-refractivity contribution < 1.29 is 17.9 Å². The third-order valence-corrected chi connectivity index (χ3v) is 7.87. The minimum atomic E-state index is -3.36. The predicted molar refractivity (Wildman–Crippen MR) is 110 cm³/mol. The Morgan fingerprint density at radius 2 is 2.00 bits per heavy atom. The molecule has 1 aromatic heterocycles. The Kier molecular flexibility index (Phi) is 6.91. The number of likely N-dealkylation sites (N-methyl/N-ethyl adjacent to an activating group) is 1. The van der Waals surface area contributed by atoms with Gasteiger partial charge < -0.3 is 14.0 Å². The van der Waals surface area contributed by atoms with Crippen LogP contribution in [0.5, 0.6) is 0 Å². The number of hydrogen-bond acceptors (Lipinski definition) is 7. The van der Waals surface area contributed by atoms with Crippen LogP contribution in [0.3, 0.4) is 0 Å². The molecule has 0 spiro atoms. The molecule has 0 radical (unpaired) electrons. The SMILES string of the molecule is CN(CCN1CCOCC1)Cc1cnc(S(=O)(=O)CC2CC2)n1C[C@H]1CCCO1. The van der Waals surface area contributed by atoms with Crippen molar-refractivity contribution in [1.82, 2.24) is 19.4 Å². The normalized spacial score (nSPS) is 23.9. The molecule has 1 aliphatic carbocycles. The molecule has 164 valence electrons. The molecular weight excluding hydrogens is 392 g/mol. The number of rotatable bonds is 10. The molecule has 1 atom stereocenters. The fraction of sp³-hybridized carbons (Fsp3) is 0.850. The second-order valence-electron chi connectivity index (χ2n) is 8.69. The first-order valence-corrected chi connectivity index (χ1v) is 12.5. The van der Waals surface area contributed by atoms with Crippen LogP contribution < -0.4 is 0 Å². The van der Waals surface area contributed by atoms with Gasteiger partial charge in [-0.2, -0.15) is 0 Å². The summed E-state index contributed by atoms with van der Waals surface area (Å²) in [5.74, 6) is 0.537. The highest BCUT2D eigenvalue weighted by atomic mass is 32.2. The summed E-state index contributed by atoms with van der Waals surface area (Å²) in [5, 5.41) is 0.233. The van der Waals surface area contributed by atoms with Gasteiger partial charge in [0, 0.05) is 39.3 Å². The molecule has 0 bridgehead atoms. The van der Waals surface area contributed by atoms with E-state index >= 15 is 0 Å². The van der Waals surface area contributed by atoms with E-state index in [1.54, 1.807) is 6.20 Å². The number of imidazole rings is 1. The first kappa shape index (κ1) is 21.2. The van der Waals surface area contributed by atoms with Crippen molar-refractivity contribution in [2.75, 3.05) is 58.8 Å². The minimum absolute atomic E-state index is 0.0801. The van der Waals surface area contributed by atoms with Gasteiger partial charge >= 0.3 is 0 Å². The molecule has 3 fully saturated rings. The van der Waals surface area contributed by atoms with E-state index in [0.717, 1.165) is 77.4 Å². The van der Waals surface area contributed by atoms with E-state index in [2.05, 4.69) is 21.8 Å². The van der Waals surface area contributed by atoms with Gasteiger partial charge in [-0.3, -0.25) is 9.80 Å². The fourth-order valence-corrected chi connectivity index (χ4v) is 5.96. The zero-order valence-corrected chi connectivity index (χ0v) is 18.3. The Morgan fingerprint density at radius 3 is 2.69 bits per heavy atom. The number of sulfone groups is 1. The molecule has 1 saturated carbocycles. The summed E-state index contributed by atoms with van der Waals surface area (Å²) in [7, 11) is -1.27. The second kappa shape index (κ2) is 9.43. The van der Waals surface area contributed by atoms with Crippen molar-refractivity contribution in [2.24, 2.45) is 5.92 Å². The van der Waals surface area contributed by atoms with Crippen LogP contribution in [0.1, 0.15) is 31.4 Å². The topological polar surface area (TPSA) is 76.9 Å². The molecule has 29 heavy (non-hydrogen) atoms. The zero-order chi connectivity index (χ0) is 20.3. The Labute approximate surface area is 174 Å². The maximum atomic E-state index is 13.0. The van der Waals surface area contributed by atoms with Gasteiger partial charge in [-0.15, -0.1) is 0 Å². The number of hydrogen-bond donors (Lipinski definition) is 0. The van der Waals surface area contributed by atoms with Crippen molar-refractivity contribution in [2.45, 2.75) is 50.0 Å². The van der Waals surface area contributed by atoms with E-state index < -0.39 is 9.84 Å². The summed E-state index contributed by atoms with van der Waals surface area (Å²) in [6.45, 7) is 7.51. The monoisotopic (exact) mass is 426 g/mol.